The summed E-state index contributed by atoms with van der Waals surface area (Å²) in [4.78, 5) is 27.6. The first kappa shape index (κ1) is 23.2. The van der Waals surface area contributed by atoms with Crippen molar-refractivity contribution in [1.29, 1.82) is 0 Å². The zero-order valence-electron chi connectivity index (χ0n) is 19.4. The zero-order chi connectivity index (χ0) is 25.2. The summed E-state index contributed by atoms with van der Waals surface area (Å²) >= 11 is 0. The molecule has 0 N–H and O–H groups in total. The number of carbonyl (C=O) groups is 2. The molecule has 0 bridgehead atoms. The molecule has 0 radical (unpaired) electrons. The minimum Gasteiger partial charge on any atom is -0.465 e. The fraction of sp³-hybridized carbons (Fsp3) is 0.0667. The topological polar surface area (TPSA) is 46.6 Å². The molecule has 0 fully saturated rings. The number of amides is 1. The Hall–Kier alpha value is -4.58. The van der Waals surface area contributed by atoms with Gasteiger partial charge >= 0.3 is 5.97 Å². The van der Waals surface area contributed by atoms with Crippen molar-refractivity contribution in [2.24, 2.45) is 0 Å². The number of halogens is 2. The van der Waals surface area contributed by atoms with E-state index in [2.05, 4.69) is 0 Å². The van der Waals surface area contributed by atoms with E-state index < -0.39 is 17.6 Å². The van der Waals surface area contributed by atoms with Crippen LogP contribution in [0.25, 0.3) is 11.1 Å². The van der Waals surface area contributed by atoms with Gasteiger partial charge in [0.15, 0.2) is 11.6 Å². The average molecular weight is 481 g/mol. The number of fused-ring (bicyclic) bond motifs is 1. The van der Waals surface area contributed by atoms with Gasteiger partial charge in [-0.05, 0) is 47.0 Å². The molecule has 36 heavy (non-hydrogen) atoms. The van der Waals surface area contributed by atoms with E-state index in [4.69, 9.17) is 4.74 Å². The molecule has 0 saturated heterocycles. The van der Waals surface area contributed by atoms with Gasteiger partial charge in [-0.1, -0.05) is 66.7 Å². The lowest BCUT2D eigenvalue weighted by Gasteiger charge is -2.18. The Kier molecular flexibility index (Phi) is 6.17. The molecule has 1 amide bonds. The highest BCUT2D eigenvalue weighted by Crippen LogP contribution is 2.43. The van der Waals surface area contributed by atoms with Crippen LogP contribution in [0.3, 0.4) is 0 Å². The Balaban J connectivity index is 1.68. The molecule has 0 atom stereocenters. The van der Waals surface area contributed by atoms with Gasteiger partial charge in [0.25, 0.3) is 5.91 Å². The van der Waals surface area contributed by atoms with Gasteiger partial charge in [0.1, 0.15) is 0 Å². The van der Waals surface area contributed by atoms with Crippen LogP contribution in [0.15, 0.2) is 97.1 Å². The molecule has 6 heteroatoms. The monoisotopic (exact) mass is 481 g/mol. The molecule has 4 aromatic carbocycles. The van der Waals surface area contributed by atoms with Crippen molar-refractivity contribution in [2.45, 2.75) is 6.54 Å². The molecular weight excluding hydrogens is 460 g/mol. The molecule has 178 valence electrons. The van der Waals surface area contributed by atoms with E-state index in [0.29, 0.717) is 39.1 Å². The van der Waals surface area contributed by atoms with Gasteiger partial charge in [0.05, 0.1) is 30.5 Å². The van der Waals surface area contributed by atoms with Crippen molar-refractivity contribution in [1.82, 2.24) is 0 Å². The maximum absolute atomic E-state index is 14.3. The summed E-state index contributed by atoms with van der Waals surface area (Å²) in [5.41, 5.74) is 4.52. The van der Waals surface area contributed by atoms with Gasteiger partial charge in [-0.3, -0.25) is 4.79 Å². The Morgan fingerprint density at radius 3 is 2.25 bits per heavy atom. The third kappa shape index (κ3) is 4.18. The minimum atomic E-state index is -0.989. The van der Waals surface area contributed by atoms with Crippen LogP contribution in [0, 0.1) is 11.6 Å². The molecule has 1 aliphatic heterocycles. The molecule has 0 saturated carbocycles. The van der Waals surface area contributed by atoms with Gasteiger partial charge in [0.2, 0.25) is 0 Å². The van der Waals surface area contributed by atoms with Crippen molar-refractivity contribution in [3.05, 3.63) is 137 Å². The number of hydrogen-bond donors (Lipinski definition) is 0. The third-order valence-electron chi connectivity index (χ3n) is 6.13. The highest BCUT2D eigenvalue weighted by atomic mass is 19.2. The molecule has 4 aromatic rings. The van der Waals surface area contributed by atoms with Gasteiger partial charge in [0, 0.05) is 11.1 Å². The molecule has 1 heterocycles. The van der Waals surface area contributed by atoms with E-state index in [1.165, 1.54) is 13.2 Å². The Morgan fingerprint density at radius 1 is 0.778 bits per heavy atom. The predicted molar refractivity (Wildman–Crippen MR) is 134 cm³/mol. The molecule has 1 aliphatic rings. The second kappa shape index (κ2) is 9.58. The smallest absolute Gasteiger partial charge is 0.337 e. The maximum atomic E-state index is 14.3. The van der Waals surface area contributed by atoms with E-state index in [-0.39, 0.29) is 12.5 Å². The zero-order valence-corrected chi connectivity index (χ0v) is 19.4. The van der Waals surface area contributed by atoms with E-state index in [1.54, 1.807) is 23.1 Å². The standard InChI is InChI=1S/C30H21F2NO3/c1-36-30(35)22-11-7-8-19(16-22)18-33-26-13-6-5-12-23(26)28(29(33)34)27(20-9-3-2-4-10-20)21-14-15-24(31)25(32)17-21/h2-17H,18H2,1H3/b28-27+. The molecule has 0 aromatic heterocycles. The maximum Gasteiger partial charge on any atom is 0.337 e. The van der Waals surface area contributed by atoms with Crippen LogP contribution in [0.2, 0.25) is 0 Å². The molecule has 5 rings (SSSR count). The number of rotatable bonds is 5. The average Bonchev–Trinajstić information content (AvgIpc) is 3.18. The van der Waals surface area contributed by atoms with Gasteiger partial charge < -0.3 is 9.64 Å². The summed E-state index contributed by atoms with van der Waals surface area (Å²) in [7, 11) is 1.32. The van der Waals surface area contributed by atoms with E-state index in [1.807, 2.05) is 60.7 Å². The lowest BCUT2D eigenvalue weighted by molar-refractivity contribution is -0.113. The number of benzene rings is 4. The van der Waals surface area contributed by atoms with Crippen molar-refractivity contribution in [3.63, 3.8) is 0 Å². The van der Waals surface area contributed by atoms with Crippen molar-refractivity contribution >= 4 is 28.7 Å². The van der Waals surface area contributed by atoms with Gasteiger partial charge in [-0.25, -0.2) is 13.6 Å². The minimum absolute atomic E-state index is 0.212. The fourth-order valence-corrected chi connectivity index (χ4v) is 4.49. The molecule has 0 aliphatic carbocycles. The molecule has 4 nitrogen and oxygen atoms in total. The van der Waals surface area contributed by atoms with Crippen LogP contribution in [0.4, 0.5) is 14.5 Å². The first-order chi connectivity index (χ1) is 17.5. The molecule has 0 spiro atoms. The van der Waals surface area contributed by atoms with Crippen LogP contribution in [0.5, 0.6) is 0 Å². The van der Waals surface area contributed by atoms with Crippen molar-refractivity contribution in [2.75, 3.05) is 12.0 Å². The Bertz CT molecular complexity index is 1510. The Morgan fingerprint density at radius 2 is 1.50 bits per heavy atom. The third-order valence-corrected chi connectivity index (χ3v) is 6.13. The number of nitrogens with zero attached hydrogens (tertiary/aromatic N) is 1. The second-order valence-corrected chi connectivity index (χ2v) is 8.35. The van der Waals surface area contributed by atoms with Gasteiger partial charge in [-0.2, -0.15) is 0 Å². The largest absolute Gasteiger partial charge is 0.465 e. The molecular formula is C30H21F2NO3. The van der Waals surface area contributed by atoms with Crippen LogP contribution in [-0.4, -0.2) is 19.0 Å². The van der Waals surface area contributed by atoms with Crippen LogP contribution in [-0.2, 0) is 16.1 Å². The first-order valence-corrected chi connectivity index (χ1v) is 11.3. The predicted octanol–water partition coefficient (Wildman–Crippen LogP) is 6.26. The van der Waals surface area contributed by atoms with Crippen molar-refractivity contribution in [3.8, 4) is 0 Å². The summed E-state index contributed by atoms with van der Waals surface area (Å²) in [6.07, 6.45) is 0. The number of carbonyl (C=O) groups excluding carboxylic acids is 2. The highest BCUT2D eigenvalue weighted by Gasteiger charge is 2.35. The normalized spacial score (nSPS) is 14.0. The summed E-state index contributed by atoms with van der Waals surface area (Å²) < 4.78 is 32.9. The van der Waals surface area contributed by atoms with E-state index in [0.717, 1.165) is 17.7 Å². The second-order valence-electron chi connectivity index (χ2n) is 8.35. The fourth-order valence-electron chi connectivity index (χ4n) is 4.49. The number of methoxy groups -OCH3 is 1. The summed E-state index contributed by atoms with van der Waals surface area (Å²) in [5, 5.41) is 0. The number of hydrogen-bond acceptors (Lipinski definition) is 3. The summed E-state index contributed by atoms with van der Waals surface area (Å²) in [6.45, 7) is 0.212. The van der Waals surface area contributed by atoms with Crippen molar-refractivity contribution < 1.29 is 23.1 Å². The first-order valence-electron chi connectivity index (χ1n) is 11.3. The summed E-state index contributed by atoms with van der Waals surface area (Å²) in [5.74, 6) is -2.68. The number of anilines is 1. The van der Waals surface area contributed by atoms with Crippen LogP contribution >= 0.6 is 0 Å². The summed E-state index contributed by atoms with van der Waals surface area (Å²) in [6, 6.07) is 27.1. The number of para-hydroxylation sites is 1. The number of ether oxygens (including phenoxy) is 1. The quantitative estimate of drug-likeness (QED) is 0.250. The lowest BCUT2D eigenvalue weighted by Crippen LogP contribution is -2.26. The highest BCUT2D eigenvalue weighted by molar-refractivity contribution is 6.38. The van der Waals surface area contributed by atoms with Crippen LogP contribution < -0.4 is 4.90 Å². The van der Waals surface area contributed by atoms with Crippen LogP contribution in [0.1, 0.15) is 32.6 Å². The SMILES string of the molecule is COC(=O)c1cccc(CN2C(=O)/C(=C(\c3ccccc3)c3ccc(F)c(F)c3)c3ccccc32)c1. The Labute approximate surface area is 207 Å². The van der Waals surface area contributed by atoms with E-state index >= 15 is 0 Å². The molecule has 0 unspecified atom stereocenters. The van der Waals surface area contributed by atoms with E-state index in [9.17, 15) is 18.4 Å². The lowest BCUT2D eigenvalue weighted by atomic mass is 9.90. The number of esters is 1. The van der Waals surface area contributed by atoms with Gasteiger partial charge in [-0.15, -0.1) is 0 Å².